The molecule has 0 spiro atoms. The van der Waals surface area contributed by atoms with Crippen molar-refractivity contribution in [3.63, 3.8) is 0 Å². The summed E-state index contributed by atoms with van der Waals surface area (Å²) in [4.78, 5) is 40.5. The third kappa shape index (κ3) is 4.80. The van der Waals surface area contributed by atoms with Gasteiger partial charge in [-0.1, -0.05) is 12.1 Å². The van der Waals surface area contributed by atoms with E-state index in [1.807, 2.05) is 30.8 Å². The van der Waals surface area contributed by atoms with Crippen molar-refractivity contribution in [3.8, 4) is 0 Å². The molecule has 2 aromatic rings. The highest BCUT2D eigenvalue weighted by Crippen LogP contribution is 2.33. The molecule has 1 atom stereocenters. The van der Waals surface area contributed by atoms with Crippen molar-refractivity contribution in [3.05, 3.63) is 52.7 Å². The zero-order valence-electron chi connectivity index (χ0n) is 19.0. The Morgan fingerprint density at radius 1 is 1.19 bits per heavy atom. The van der Waals surface area contributed by atoms with Gasteiger partial charge in [0.05, 0.1) is 13.1 Å². The van der Waals surface area contributed by atoms with Crippen LogP contribution in [0.2, 0.25) is 0 Å². The maximum Gasteiger partial charge on any atom is 0.236 e. The van der Waals surface area contributed by atoms with Gasteiger partial charge in [-0.05, 0) is 58.0 Å². The number of aryl methyl sites for hydroxylation is 1. The smallest absolute Gasteiger partial charge is 0.236 e. The number of benzene rings is 1. The van der Waals surface area contributed by atoms with Gasteiger partial charge in [-0.25, -0.2) is 14.4 Å². The van der Waals surface area contributed by atoms with Crippen LogP contribution in [0.1, 0.15) is 47.8 Å². The van der Waals surface area contributed by atoms with Crippen molar-refractivity contribution >= 4 is 17.6 Å². The highest BCUT2D eigenvalue weighted by atomic mass is 19.1. The Kier molecular flexibility index (Phi) is 6.50. The Hall–Kier alpha value is -2.87. The lowest BCUT2D eigenvalue weighted by molar-refractivity contribution is -0.133. The minimum Gasteiger partial charge on any atom is -0.341 e. The quantitative estimate of drug-likeness (QED) is 0.717. The second-order valence-electron chi connectivity index (χ2n) is 8.99. The minimum atomic E-state index is -0.301. The Balaban J connectivity index is 1.61. The first-order valence-electron chi connectivity index (χ1n) is 11.2. The van der Waals surface area contributed by atoms with E-state index in [0.717, 1.165) is 36.2 Å². The maximum atomic E-state index is 13.3. The lowest BCUT2D eigenvalue weighted by Crippen LogP contribution is -2.43. The second kappa shape index (κ2) is 9.32. The highest BCUT2D eigenvalue weighted by Gasteiger charge is 2.32. The van der Waals surface area contributed by atoms with Crippen LogP contribution in [0.25, 0.3) is 0 Å². The van der Waals surface area contributed by atoms with Gasteiger partial charge in [0, 0.05) is 36.7 Å². The first-order chi connectivity index (χ1) is 15.3. The number of carbonyl (C=O) groups excluding carboxylic acids is 2. The van der Waals surface area contributed by atoms with E-state index < -0.39 is 0 Å². The average molecular weight is 440 g/mol. The van der Waals surface area contributed by atoms with Gasteiger partial charge in [0.15, 0.2) is 0 Å². The van der Waals surface area contributed by atoms with Crippen LogP contribution in [0.5, 0.6) is 0 Å². The Morgan fingerprint density at radius 3 is 2.66 bits per heavy atom. The molecule has 1 aromatic carbocycles. The van der Waals surface area contributed by atoms with Crippen LogP contribution >= 0.6 is 0 Å². The fourth-order valence-corrected chi connectivity index (χ4v) is 4.51. The van der Waals surface area contributed by atoms with E-state index in [1.165, 1.54) is 12.1 Å². The lowest BCUT2D eigenvalue weighted by atomic mass is 9.95. The Morgan fingerprint density at radius 2 is 1.94 bits per heavy atom. The van der Waals surface area contributed by atoms with Gasteiger partial charge in [-0.2, -0.15) is 0 Å². The number of likely N-dealkylation sites (N-methyl/N-ethyl adjacent to an activating group) is 1. The normalized spacial score (nSPS) is 18.8. The zero-order valence-corrected chi connectivity index (χ0v) is 19.0. The van der Waals surface area contributed by atoms with Crippen molar-refractivity contribution in [1.82, 2.24) is 19.8 Å². The molecule has 8 heteroatoms. The molecule has 2 amide bonds. The van der Waals surface area contributed by atoms with Crippen LogP contribution in [-0.4, -0.2) is 65.3 Å². The number of likely N-dealkylation sites (tertiary alicyclic amines) is 1. The van der Waals surface area contributed by atoms with Crippen LogP contribution in [0.15, 0.2) is 24.3 Å². The monoisotopic (exact) mass is 439 g/mol. The molecule has 0 N–H and O–H groups in total. The van der Waals surface area contributed by atoms with E-state index in [4.69, 9.17) is 9.97 Å². The fourth-order valence-electron chi connectivity index (χ4n) is 4.51. The van der Waals surface area contributed by atoms with Gasteiger partial charge < -0.3 is 9.80 Å². The van der Waals surface area contributed by atoms with Gasteiger partial charge in [0.1, 0.15) is 17.5 Å². The molecular formula is C24H30FN5O2. The number of fused-ring (bicyclic) bond motifs is 1. The summed E-state index contributed by atoms with van der Waals surface area (Å²) in [5.41, 5.74) is 2.73. The number of aromatic nitrogens is 2. The predicted molar refractivity (Wildman–Crippen MR) is 120 cm³/mol. The number of nitrogens with zero attached hydrogens (tertiary/aromatic N) is 5. The van der Waals surface area contributed by atoms with Gasteiger partial charge in [0.25, 0.3) is 0 Å². The molecule has 0 saturated carbocycles. The molecule has 2 aliphatic heterocycles. The van der Waals surface area contributed by atoms with Crippen molar-refractivity contribution < 1.29 is 14.0 Å². The van der Waals surface area contributed by atoms with Crippen molar-refractivity contribution in [2.75, 3.05) is 38.6 Å². The highest BCUT2D eigenvalue weighted by molar-refractivity contribution is 5.95. The molecule has 1 aromatic heterocycles. The molecule has 170 valence electrons. The molecule has 0 bridgehead atoms. The molecule has 1 fully saturated rings. The summed E-state index contributed by atoms with van der Waals surface area (Å²) < 4.78 is 13.3. The van der Waals surface area contributed by atoms with Gasteiger partial charge >= 0.3 is 0 Å². The number of halogens is 1. The third-order valence-corrected chi connectivity index (χ3v) is 6.20. The van der Waals surface area contributed by atoms with Gasteiger partial charge in [-0.15, -0.1) is 0 Å². The van der Waals surface area contributed by atoms with E-state index >= 15 is 0 Å². The molecule has 0 radical (unpaired) electrons. The summed E-state index contributed by atoms with van der Waals surface area (Å²) in [7, 11) is 3.78. The van der Waals surface area contributed by atoms with Crippen molar-refractivity contribution in [1.29, 1.82) is 0 Å². The number of hydrogen-bond donors (Lipinski definition) is 0. The largest absolute Gasteiger partial charge is 0.341 e. The summed E-state index contributed by atoms with van der Waals surface area (Å²) in [5, 5.41) is 0. The molecule has 1 saturated heterocycles. The SMILES string of the molecule is Cc1nc([C@@H]2CCCN(C(=O)CN(C)C)C2)nc2c1CCC(=O)N2Cc1ccc(F)cc1. The van der Waals surface area contributed by atoms with Gasteiger partial charge in [-0.3, -0.25) is 14.5 Å². The van der Waals surface area contributed by atoms with E-state index in [1.54, 1.807) is 17.0 Å². The first-order valence-corrected chi connectivity index (χ1v) is 11.2. The van der Waals surface area contributed by atoms with Crippen molar-refractivity contribution in [2.45, 2.75) is 45.1 Å². The maximum absolute atomic E-state index is 13.3. The molecule has 4 rings (SSSR count). The molecule has 2 aliphatic rings. The summed E-state index contributed by atoms with van der Waals surface area (Å²) in [6.45, 7) is 4.05. The number of rotatable bonds is 5. The Labute approximate surface area is 188 Å². The van der Waals surface area contributed by atoms with Crippen LogP contribution in [0.3, 0.4) is 0 Å². The number of anilines is 1. The summed E-state index contributed by atoms with van der Waals surface area (Å²) >= 11 is 0. The van der Waals surface area contributed by atoms with E-state index in [2.05, 4.69) is 0 Å². The third-order valence-electron chi connectivity index (χ3n) is 6.20. The van der Waals surface area contributed by atoms with Crippen LogP contribution in [0, 0.1) is 12.7 Å². The standard InChI is InChI=1S/C24H30FN5O2/c1-16-20-10-11-21(31)30(13-17-6-8-19(25)9-7-17)24(20)27-23(26-16)18-5-4-12-29(14-18)22(32)15-28(2)3/h6-9,18H,4-5,10-15H2,1-3H3/t18-/m1/s1. The molecule has 0 unspecified atom stereocenters. The van der Waals surface area contributed by atoms with E-state index in [9.17, 15) is 14.0 Å². The number of carbonyl (C=O) groups is 2. The molecule has 0 aliphatic carbocycles. The lowest BCUT2D eigenvalue weighted by Gasteiger charge is -2.34. The van der Waals surface area contributed by atoms with Crippen molar-refractivity contribution in [2.24, 2.45) is 0 Å². The summed E-state index contributed by atoms with van der Waals surface area (Å²) in [6.07, 6.45) is 2.85. The van der Waals surface area contributed by atoms with Gasteiger partial charge in [0.2, 0.25) is 11.8 Å². The number of amides is 2. The van der Waals surface area contributed by atoms with Crippen LogP contribution in [0.4, 0.5) is 10.2 Å². The summed E-state index contributed by atoms with van der Waals surface area (Å²) in [6, 6.07) is 6.20. The predicted octanol–water partition coefficient (Wildman–Crippen LogP) is 2.67. The second-order valence-corrected chi connectivity index (χ2v) is 8.99. The van der Waals surface area contributed by atoms with Crippen LogP contribution < -0.4 is 4.90 Å². The Bertz CT molecular complexity index is 1010. The van der Waals surface area contributed by atoms with E-state index in [0.29, 0.717) is 44.1 Å². The van der Waals surface area contributed by atoms with Crippen LogP contribution in [-0.2, 0) is 22.6 Å². The number of hydrogen-bond acceptors (Lipinski definition) is 5. The number of piperidine rings is 1. The zero-order chi connectivity index (χ0) is 22.8. The summed E-state index contributed by atoms with van der Waals surface area (Å²) in [5.74, 6) is 1.22. The minimum absolute atomic E-state index is 0.0114. The van der Waals surface area contributed by atoms with E-state index in [-0.39, 0.29) is 23.5 Å². The molecule has 3 heterocycles. The topological polar surface area (TPSA) is 69.6 Å². The fraction of sp³-hybridized carbons (Fsp3) is 0.500. The molecular weight excluding hydrogens is 409 g/mol. The first kappa shape index (κ1) is 22.3. The molecule has 32 heavy (non-hydrogen) atoms. The molecule has 7 nitrogen and oxygen atoms in total. The average Bonchev–Trinajstić information content (AvgIpc) is 2.76.